The molecule has 0 aromatic rings. The van der Waals surface area contributed by atoms with Crippen LogP contribution in [0.15, 0.2) is 0 Å². The zero-order valence-corrected chi connectivity index (χ0v) is 6.38. The number of nitrogens with zero attached hydrogens (tertiary/aromatic N) is 1. The van der Waals surface area contributed by atoms with E-state index < -0.39 is 0 Å². The van der Waals surface area contributed by atoms with Crippen LogP contribution in [-0.2, 0) is 9.59 Å². The minimum absolute atomic E-state index is 0.238. The molecule has 2 heterocycles. The molecule has 11 heavy (non-hydrogen) atoms. The van der Waals surface area contributed by atoms with Crippen molar-refractivity contribution in [1.82, 2.24) is 4.90 Å². The molecular formula is C8H11NO2. The fourth-order valence-corrected chi connectivity index (χ4v) is 1.92. The molecule has 0 radical (unpaired) electrons. The summed E-state index contributed by atoms with van der Waals surface area (Å²) < 4.78 is 0. The average molecular weight is 153 g/mol. The minimum Gasteiger partial charge on any atom is -0.339 e. The van der Waals surface area contributed by atoms with Crippen molar-refractivity contribution in [2.24, 2.45) is 0 Å². The molecule has 1 atom stereocenters. The minimum atomic E-state index is 0.238. The molecule has 0 aromatic carbocycles. The Morgan fingerprint density at radius 1 is 1.27 bits per heavy atom. The van der Waals surface area contributed by atoms with Crippen LogP contribution in [0, 0.1) is 0 Å². The fraction of sp³-hybridized carbons (Fsp3) is 0.750. The first-order valence-electron chi connectivity index (χ1n) is 4.08. The predicted molar refractivity (Wildman–Crippen MR) is 39.0 cm³/mol. The molecule has 3 heteroatoms. The molecule has 3 nitrogen and oxygen atoms in total. The van der Waals surface area contributed by atoms with Crippen LogP contribution in [0.2, 0.25) is 0 Å². The molecule has 0 aliphatic carbocycles. The Hall–Kier alpha value is -0.860. The third kappa shape index (κ3) is 1.04. The Bertz CT molecular complexity index is 212. The summed E-state index contributed by atoms with van der Waals surface area (Å²) in [7, 11) is 0. The van der Waals surface area contributed by atoms with Crippen LogP contribution in [0.4, 0.5) is 0 Å². The van der Waals surface area contributed by atoms with Gasteiger partial charge in [0.1, 0.15) is 5.78 Å². The number of carbonyl (C=O) groups excluding carboxylic acids is 2. The molecule has 1 amide bonds. The highest BCUT2D eigenvalue weighted by Gasteiger charge is 2.35. The largest absolute Gasteiger partial charge is 0.339 e. The third-order valence-electron chi connectivity index (χ3n) is 2.55. The lowest BCUT2D eigenvalue weighted by Crippen LogP contribution is -2.40. The molecule has 2 aliphatic heterocycles. The lowest BCUT2D eigenvalue weighted by atomic mass is 10.0. The van der Waals surface area contributed by atoms with Gasteiger partial charge in [-0.2, -0.15) is 0 Å². The van der Waals surface area contributed by atoms with E-state index in [4.69, 9.17) is 0 Å². The molecule has 0 N–H and O–H groups in total. The van der Waals surface area contributed by atoms with E-state index in [1.807, 2.05) is 4.90 Å². The van der Waals surface area contributed by atoms with E-state index in [1.165, 1.54) is 0 Å². The highest BCUT2D eigenvalue weighted by Crippen LogP contribution is 2.25. The Balaban J connectivity index is 2.11. The molecule has 2 fully saturated rings. The van der Waals surface area contributed by atoms with E-state index in [-0.39, 0.29) is 11.9 Å². The second-order valence-electron chi connectivity index (χ2n) is 3.27. The quantitative estimate of drug-likeness (QED) is 0.503. The van der Waals surface area contributed by atoms with Gasteiger partial charge < -0.3 is 4.90 Å². The topological polar surface area (TPSA) is 37.4 Å². The Kier molecular flexibility index (Phi) is 1.44. The van der Waals surface area contributed by atoms with E-state index in [0.29, 0.717) is 31.6 Å². The summed E-state index contributed by atoms with van der Waals surface area (Å²) in [4.78, 5) is 24.0. The van der Waals surface area contributed by atoms with Gasteiger partial charge in [-0.25, -0.2) is 0 Å². The molecule has 0 aromatic heterocycles. The first-order chi connectivity index (χ1) is 5.27. The zero-order chi connectivity index (χ0) is 7.84. The highest BCUT2D eigenvalue weighted by molar-refractivity contribution is 5.85. The van der Waals surface area contributed by atoms with Gasteiger partial charge in [-0.1, -0.05) is 0 Å². The summed E-state index contributed by atoms with van der Waals surface area (Å²) in [6, 6.07) is 0.253. The maximum atomic E-state index is 11.1. The summed E-state index contributed by atoms with van der Waals surface area (Å²) in [5, 5.41) is 0. The molecule has 2 rings (SSSR count). The van der Waals surface area contributed by atoms with Gasteiger partial charge >= 0.3 is 0 Å². The van der Waals surface area contributed by atoms with Crippen molar-refractivity contribution in [1.29, 1.82) is 0 Å². The van der Waals surface area contributed by atoms with Crippen molar-refractivity contribution in [2.45, 2.75) is 31.7 Å². The molecule has 0 unspecified atom stereocenters. The van der Waals surface area contributed by atoms with Gasteiger partial charge in [-0.15, -0.1) is 0 Å². The van der Waals surface area contributed by atoms with Gasteiger partial charge in [0, 0.05) is 31.8 Å². The maximum Gasteiger partial charge on any atom is 0.222 e. The molecule has 0 saturated carbocycles. The van der Waals surface area contributed by atoms with Gasteiger partial charge in [-0.3, -0.25) is 9.59 Å². The number of Topliss-reactive ketones (excluding diaryl/α,β-unsaturated/α-hetero) is 1. The SMILES string of the molecule is O=C1CCN2C(=O)CC[C@H]2C1. The van der Waals surface area contributed by atoms with Crippen molar-refractivity contribution >= 4 is 11.7 Å². The maximum absolute atomic E-state index is 11.1. The molecule has 0 spiro atoms. The van der Waals surface area contributed by atoms with Crippen LogP contribution < -0.4 is 0 Å². The molecule has 0 bridgehead atoms. The lowest BCUT2D eigenvalue weighted by Gasteiger charge is -2.28. The van der Waals surface area contributed by atoms with Crippen LogP contribution in [-0.4, -0.2) is 29.2 Å². The predicted octanol–water partition coefficient (Wildman–Crippen LogP) is 0.340. The molecule has 2 saturated heterocycles. The monoisotopic (exact) mass is 153 g/mol. The van der Waals surface area contributed by atoms with Crippen molar-refractivity contribution < 1.29 is 9.59 Å². The first-order valence-corrected chi connectivity index (χ1v) is 4.08. The first kappa shape index (κ1) is 6.83. The number of piperidine rings is 1. The second kappa shape index (κ2) is 2.32. The van der Waals surface area contributed by atoms with Gasteiger partial charge in [0.25, 0.3) is 0 Å². The fourth-order valence-electron chi connectivity index (χ4n) is 1.92. The summed E-state index contributed by atoms with van der Waals surface area (Å²) in [6.45, 7) is 0.669. The second-order valence-corrected chi connectivity index (χ2v) is 3.27. The van der Waals surface area contributed by atoms with Gasteiger partial charge in [0.05, 0.1) is 0 Å². The van der Waals surface area contributed by atoms with Crippen molar-refractivity contribution in [3.63, 3.8) is 0 Å². The van der Waals surface area contributed by atoms with Crippen LogP contribution >= 0.6 is 0 Å². The van der Waals surface area contributed by atoms with Crippen LogP contribution in [0.3, 0.4) is 0 Å². The smallest absolute Gasteiger partial charge is 0.222 e. The van der Waals surface area contributed by atoms with Gasteiger partial charge in [0.2, 0.25) is 5.91 Å². The Morgan fingerprint density at radius 3 is 2.91 bits per heavy atom. The highest BCUT2D eigenvalue weighted by atomic mass is 16.2. The summed E-state index contributed by atoms with van der Waals surface area (Å²) in [6.07, 6.45) is 2.72. The van der Waals surface area contributed by atoms with Gasteiger partial charge in [-0.05, 0) is 6.42 Å². The van der Waals surface area contributed by atoms with E-state index in [1.54, 1.807) is 0 Å². The van der Waals surface area contributed by atoms with Gasteiger partial charge in [0.15, 0.2) is 0 Å². The molecular weight excluding hydrogens is 142 g/mol. The summed E-state index contributed by atoms with van der Waals surface area (Å²) in [5.74, 6) is 0.559. The number of amides is 1. The molecule has 2 aliphatic rings. The van der Waals surface area contributed by atoms with Crippen molar-refractivity contribution in [2.75, 3.05) is 6.54 Å². The third-order valence-corrected chi connectivity index (χ3v) is 2.55. The van der Waals surface area contributed by atoms with Crippen LogP contribution in [0.5, 0.6) is 0 Å². The number of fused-ring (bicyclic) bond motifs is 1. The van der Waals surface area contributed by atoms with E-state index in [9.17, 15) is 9.59 Å². The van der Waals surface area contributed by atoms with E-state index >= 15 is 0 Å². The number of rotatable bonds is 0. The van der Waals surface area contributed by atoms with E-state index in [2.05, 4.69) is 0 Å². The zero-order valence-electron chi connectivity index (χ0n) is 6.38. The van der Waals surface area contributed by atoms with Crippen LogP contribution in [0.25, 0.3) is 0 Å². The number of carbonyl (C=O) groups is 2. The van der Waals surface area contributed by atoms with Crippen molar-refractivity contribution in [3.8, 4) is 0 Å². The Labute approximate surface area is 65.4 Å². The average Bonchev–Trinajstić information content (AvgIpc) is 2.32. The number of ketones is 1. The van der Waals surface area contributed by atoms with Crippen molar-refractivity contribution in [3.05, 3.63) is 0 Å². The number of hydrogen-bond acceptors (Lipinski definition) is 2. The Morgan fingerprint density at radius 2 is 2.09 bits per heavy atom. The van der Waals surface area contributed by atoms with Crippen LogP contribution in [0.1, 0.15) is 25.7 Å². The van der Waals surface area contributed by atoms with E-state index in [0.717, 1.165) is 6.42 Å². The summed E-state index contributed by atoms with van der Waals surface area (Å²) >= 11 is 0. The summed E-state index contributed by atoms with van der Waals surface area (Å²) in [5.41, 5.74) is 0. The normalized spacial score (nSPS) is 30.9. The lowest BCUT2D eigenvalue weighted by molar-refractivity contribution is -0.132. The number of hydrogen-bond donors (Lipinski definition) is 0. The standard InChI is InChI=1S/C8H11NO2/c10-7-3-4-9-6(5-7)1-2-8(9)11/h6H,1-5H2/t6-/m0/s1. The molecule has 60 valence electrons.